The van der Waals surface area contributed by atoms with Gasteiger partial charge in [-0.25, -0.2) is 0 Å². The lowest BCUT2D eigenvalue weighted by molar-refractivity contribution is 0.0672. The maximum Gasteiger partial charge on any atom is 0.270 e. The van der Waals surface area contributed by atoms with Crippen molar-refractivity contribution >= 4 is 5.91 Å². The van der Waals surface area contributed by atoms with E-state index in [-0.39, 0.29) is 5.91 Å². The summed E-state index contributed by atoms with van der Waals surface area (Å²) >= 11 is 0. The molecule has 4 nitrogen and oxygen atoms in total. The van der Waals surface area contributed by atoms with Gasteiger partial charge < -0.3 is 9.47 Å². The van der Waals surface area contributed by atoms with E-state index in [1.165, 1.54) is 17.5 Å². The summed E-state index contributed by atoms with van der Waals surface area (Å²) in [4.78, 5) is 19.5. The van der Waals surface area contributed by atoms with Crippen molar-refractivity contribution in [3.8, 4) is 11.1 Å². The second kappa shape index (κ2) is 8.01. The molecule has 0 bridgehead atoms. The van der Waals surface area contributed by atoms with Crippen LogP contribution in [0, 0.1) is 12.8 Å². The Morgan fingerprint density at radius 3 is 2.68 bits per heavy atom. The molecular weight excluding hydrogens is 346 g/mol. The number of rotatable bonds is 4. The lowest BCUT2D eigenvalue weighted by Crippen LogP contribution is -2.40. The van der Waals surface area contributed by atoms with Crippen LogP contribution in [0.4, 0.5) is 0 Å². The summed E-state index contributed by atoms with van der Waals surface area (Å²) in [5, 5.41) is 0. The van der Waals surface area contributed by atoms with Gasteiger partial charge >= 0.3 is 0 Å². The number of amides is 1. The minimum atomic E-state index is 0.139. The quantitative estimate of drug-likeness (QED) is 0.660. The van der Waals surface area contributed by atoms with E-state index in [2.05, 4.69) is 53.9 Å². The highest BCUT2D eigenvalue weighted by molar-refractivity contribution is 5.94. The molecule has 4 heteroatoms. The summed E-state index contributed by atoms with van der Waals surface area (Å²) in [5.41, 5.74) is 5.39. The van der Waals surface area contributed by atoms with Crippen LogP contribution < -0.4 is 0 Å². The van der Waals surface area contributed by atoms with Gasteiger partial charge in [0.2, 0.25) is 0 Å². The third kappa shape index (κ3) is 3.86. The van der Waals surface area contributed by atoms with Gasteiger partial charge in [0.05, 0.1) is 0 Å². The number of aromatic nitrogens is 2. The highest BCUT2D eigenvalue weighted by Gasteiger charge is 2.25. The molecular formula is C24H27N3O. The number of likely N-dealkylation sites (tertiary alicyclic amines) is 1. The van der Waals surface area contributed by atoms with Crippen LogP contribution in [0.3, 0.4) is 0 Å². The predicted octanol–water partition coefficient (Wildman–Crippen LogP) is 4.78. The molecule has 0 spiro atoms. The van der Waals surface area contributed by atoms with E-state index in [0.29, 0.717) is 12.5 Å². The molecule has 1 fully saturated rings. The number of hydrogen-bond donors (Lipinski definition) is 0. The summed E-state index contributed by atoms with van der Waals surface area (Å²) < 4.78 is 2.11. The Kier molecular flexibility index (Phi) is 5.29. The molecule has 3 aromatic rings. The van der Waals surface area contributed by atoms with E-state index in [1.54, 1.807) is 12.4 Å². The lowest BCUT2D eigenvalue weighted by atomic mass is 10.00. The Labute approximate surface area is 166 Å². The highest BCUT2D eigenvalue weighted by Crippen LogP contribution is 2.25. The van der Waals surface area contributed by atoms with Crippen molar-refractivity contribution in [1.82, 2.24) is 14.5 Å². The number of carbonyl (C=O) groups excluding carboxylic acids is 1. The van der Waals surface area contributed by atoms with Gasteiger partial charge in [0.1, 0.15) is 5.69 Å². The average molecular weight is 374 g/mol. The van der Waals surface area contributed by atoms with E-state index in [1.807, 2.05) is 23.1 Å². The van der Waals surface area contributed by atoms with Gasteiger partial charge in [-0.1, -0.05) is 31.2 Å². The Morgan fingerprint density at radius 1 is 1.14 bits per heavy atom. The van der Waals surface area contributed by atoms with Crippen LogP contribution in [0.15, 0.2) is 61.1 Å². The third-order valence-electron chi connectivity index (χ3n) is 5.68. The zero-order chi connectivity index (χ0) is 19.5. The minimum absolute atomic E-state index is 0.139. The normalized spacial score (nSPS) is 16.9. The van der Waals surface area contributed by atoms with Crippen molar-refractivity contribution in [3.63, 3.8) is 0 Å². The molecule has 144 valence electrons. The summed E-state index contributed by atoms with van der Waals surface area (Å²) in [6, 6.07) is 14.4. The largest absolute Gasteiger partial charge is 0.338 e. The Hall–Kier alpha value is -2.88. The van der Waals surface area contributed by atoms with Gasteiger partial charge in [-0.15, -0.1) is 0 Å². The fraction of sp³-hybridized carbons (Fsp3) is 0.333. The van der Waals surface area contributed by atoms with E-state index in [9.17, 15) is 4.79 Å². The van der Waals surface area contributed by atoms with Crippen molar-refractivity contribution < 1.29 is 4.79 Å². The highest BCUT2D eigenvalue weighted by atomic mass is 16.2. The van der Waals surface area contributed by atoms with E-state index < -0.39 is 0 Å². The number of benzene rings is 1. The van der Waals surface area contributed by atoms with Crippen LogP contribution in [-0.4, -0.2) is 33.4 Å². The number of aryl methyl sites for hydroxylation is 1. The Bertz CT molecular complexity index is 961. The van der Waals surface area contributed by atoms with E-state index in [4.69, 9.17) is 0 Å². The summed E-state index contributed by atoms with van der Waals surface area (Å²) in [7, 11) is 0. The first-order chi connectivity index (χ1) is 13.6. The van der Waals surface area contributed by atoms with Gasteiger partial charge in [-0.05, 0) is 60.6 Å². The zero-order valence-corrected chi connectivity index (χ0v) is 16.6. The molecule has 1 aromatic carbocycles. The maximum atomic E-state index is 13.4. The van der Waals surface area contributed by atoms with E-state index >= 15 is 0 Å². The minimum Gasteiger partial charge on any atom is -0.338 e. The first-order valence-electron chi connectivity index (χ1n) is 10.1. The number of hydrogen-bond acceptors (Lipinski definition) is 2. The summed E-state index contributed by atoms with van der Waals surface area (Å²) in [5.74, 6) is 0.706. The molecule has 1 amide bonds. The molecule has 1 atom stereocenters. The Morgan fingerprint density at radius 2 is 1.93 bits per heavy atom. The molecule has 0 radical (unpaired) electrons. The lowest BCUT2D eigenvalue weighted by Gasteiger charge is -2.31. The number of piperidine rings is 1. The van der Waals surface area contributed by atoms with Gasteiger partial charge in [0.25, 0.3) is 5.91 Å². The fourth-order valence-corrected chi connectivity index (χ4v) is 4.03. The maximum absolute atomic E-state index is 13.4. The van der Waals surface area contributed by atoms with Crippen LogP contribution >= 0.6 is 0 Å². The molecule has 1 aliphatic heterocycles. The first-order valence-corrected chi connectivity index (χ1v) is 10.1. The SMILES string of the molecule is Cc1ccccc1Cn1cc(-c2ccncc2)cc1C(=O)N1CCC[C@@H](C)C1. The second-order valence-electron chi connectivity index (χ2n) is 7.90. The van der Waals surface area contributed by atoms with Crippen LogP contribution in [-0.2, 0) is 6.54 Å². The van der Waals surface area contributed by atoms with Crippen molar-refractivity contribution in [3.05, 3.63) is 77.9 Å². The van der Waals surface area contributed by atoms with Gasteiger partial charge in [0.15, 0.2) is 0 Å². The molecule has 2 aromatic heterocycles. The molecule has 1 saturated heterocycles. The van der Waals surface area contributed by atoms with E-state index in [0.717, 1.165) is 36.3 Å². The molecule has 28 heavy (non-hydrogen) atoms. The van der Waals surface area contributed by atoms with Gasteiger partial charge in [0, 0.05) is 43.8 Å². The number of carbonyl (C=O) groups is 1. The summed E-state index contributed by atoms with van der Waals surface area (Å²) in [6.07, 6.45) is 7.98. The zero-order valence-electron chi connectivity index (χ0n) is 16.6. The smallest absolute Gasteiger partial charge is 0.270 e. The average Bonchev–Trinajstić information content (AvgIpc) is 3.14. The first kappa shape index (κ1) is 18.5. The second-order valence-corrected chi connectivity index (χ2v) is 7.90. The Balaban J connectivity index is 1.71. The van der Waals surface area contributed by atoms with Crippen molar-refractivity contribution in [2.45, 2.75) is 33.2 Å². The molecule has 4 rings (SSSR count). The molecule has 0 N–H and O–H groups in total. The molecule has 3 heterocycles. The van der Waals surface area contributed by atoms with Crippen LogP contribution in [0.25, 0.3) is 11.1 Å². The van der Waals surface area contributed by atoms with Crippen molar-refractivity contribution in [2.24, 2.45) is 5.92 Å². The molecule has 0 aliphatic carbocycles. The number of pyridine rings is 1. The molecule has 1 aliphatic rings. The van der Waals surface area contributed by atoms with Gasteiger partial charge in [-0.2, -0.15) is 0 Å². The predicted molar refractivity (Wildman–Crippen MR) is 112 cm³/mol. The summed E-state index contributed by atoms with van der Waals surface area (Å²) in [6.45, 7) is 6.75. The topological polar surface area (TPSA) is 38.1 Å². The van der Waals surface area contributed by atoms with Gasteiger partial charge in [-0.3, -0.25) is 9.78 Å². The fourth-order valence-electron chi connectivity index (χ4n) is 4.03. The monoisotopic (exact) mass is 373 g/mol. The van der Waals surface area contributed by atoms with Crippen LogP contribution in [0.1, 0.15) is 41.4 Å². The van der Waals surface area contributed by atoms with Crippen LogP contribution in [0.2, 0.25) is 0 Å². The van der Waals surface area contributed by atoms with Crippen LogP contribution in [0.5, 0.6) is 0 Å². The van der Waals surface area contributed by atoms with Crippen molar-refractivity contribution in [1.29, 1.82) is 0 Å². The van der Waals surface area contributed by atoms with Crippen molar-refractivity contribution in [2.75, 3.05) is 13.1 Å². The molecule has 0 unspecified atom stereocenters. The molecule has 0 saturated carbocycles. The third-order valence-corrected chi connectivity index (χ3v) is 5.68. The standard InChI is InChI=1S/C24H27N3O/c1-18-6-5-13-26(15-18)24(28)23-14-22(20-9-11-25-12-10-20)17-27(23)16-21-8-4-3-7-19(21)2/h3-4,7-12,14,17-18H,5-6,13,15-16H2,1-2H3/t18-/m1/s1. The number of nitrogens with zero attached hydrogens (tertiary/aromatic N) is 3.